The van der Waals surface area contributed by atoms with Gasteiger partial charge in [0.1, 0.15) is 5.75 Å². The van der Waals surface area contributed by atoms with Crippen molar-refractivity contribution in [2.75, 3.05) is 18.6 Å². The average Bonchev–Trinajstić information content (AvgIpc) is 2.20. The lowest BCUT2D eigenvalue weighted by Crippen LogP contribution is -2.01. The maximum absolute atomic E-state index is 5.83. The summed E-state index contributed by atoms with van der Waals surface area (Å²) in [5.74, 6) is 2.44. The normalized spacial score (nSPS) is 10.2. The molecule has 0 heterocycles. The Balaban J connectivity index is 2.65. The van der Waals surface area contributed by atoms with Crippen LogP contribution in [0.15, 0.2) is 18.2 Å². The number of alkyl halides is 1. The molecule has 0 aromatic heterocycles. The summed E-state index contributed by atoms with van der Waals surface area (Å²) in [6.07, 6.45) is 2.07. The lowest BCUT2D eigenvalue weighted by molar-refractivity contribution is 0.341. The van der Waals surface area contributed by atoms with Crippen LogP contribution in [0.5, 0.6) is 5.75 Å². The van der Waals surface area contributed by atoms with Gasteiger partial charge in [-0.1, -0.05) is 17.7 Å². The molecule has 0 radical (unpaired) electrons. The molecule has 1 aromatic rings. The van der Waals surface area contributed by atoms with Crippen molar-refractivity contribution in [2.45, 2.75) is 12.8 Å². The highest BCUT2D eigenvalue weighted by molar-refractivity contribution is 7.98. The van der Waals surface area contributed by atoms with Crippen LogP contribution in [0.2, 0.25) is 0 Å². The third-order valence-corrected chi connectivity index (χ3v) is 2.77. The van der Waals surface area contributed by atoms with Gasteiger partial charge in [0.2, 0.25) is 0 Å². The van der Waals surface area contributed by atoms with Crippen LogP contribution in [0.4, 0.5) is 0 Å². The molecule has 0 N–H and O–H groups in total. The molecule has 3 heteroatoms. The van der Waals surface area contributed by atoms with Crippen molar-refractivity contribution in [3.05, 3.63) is 29.3 Å². The van der Waals surface area contributed by atoms with Gasteiger partial charge in [-0.15, -0.1) is 11.6 Å². The molecule has 0 saturated carbocycles. The molecule has 0 aliphatic heterocycles. The van der Waals surface area contributed by atoms with E-state index in [1.165, 1.54) is 5.56 Å². The number of benzene rings is 1. The zero-order chi connectivity index (χ0) is 10.4. The van der Waals surface area contributed by atoms with Crippen molar-refractivity contribution >= 4 is 23.4 Å². The Labute approximate surface area is 94.8 Å². The number of hydrogen-bond donors (Lipinski definition) is 0. The average molecular weight is 231 g/mol. The predicted molar refractivity (Wildman–Crippen MR) is 64.6 cm³/mol. The number of aryl methyl sites for hydroxylation is 1. The van der Waals surface area contributed by atoms with Crippen LogP contribution >= 0.6 is 23.4 Å². The predicted octanol–water partition coefficient (Wildman–Crippen LogP) is 3.48. The van der Waals surface area contributed by atoms with Crippen molar-refractivity contribution < 1.29 is 4.74 Å². The summed E-state index contributed by atoms with van der Waals surface area (Å²) < 4.78 is 5.62. The van der Waals surface area contributed by atoms with E-state index in [0.717, 1.165) is 23.7 Å². The molecule has 0 bridgehead atoms. The lowest BCUT2D eigenvalue weighted by Gasteiger charge is -2.09. The smallest absolute Gasteiger partial charge is 0.123 e. The molecule has 0 unspecified atom stereocenters. The molecule has 0 atom stereocenters. The fraction of sp³-hybridized carbons (Fsp3) is 0.455. The van der Waals surface area contributed by atoms with E-state index in [1.54, 1.807) is 11.8 Å². The van der Waals surface area contributed by atoms with Gasteiger partial charge < -0.3 is 4.74 Å². The van der Waals surface area contributed by atoms with Gasteiger partial charge >= 0.3 is 0 Å². The van der Waals surface area contributed by atoms with Crippen LogP contribution in [0.3, 0.4) is 0 Å². The molecule has 1 aromatic carbocycles. The van der Waals surface area contributed by atoms with Gasteiger partial charge in [-0.25, -0.2) is 0 Å². The molecule has 0 spiro atoms. The fourth-order valence-electron chi connectivity index (χ4n) is 1.19. The summed E-state index contributed by atoms with van der Waals surface area (Å²) in [6, 6.07) is 6.11. The van der Waals surface area contributed by atoms with Gasteiger partial charge in [-0.3, -0.25) is 0 Å². The first kappa shape index (κ1) is 11.7. The highest BCUT2D eigenvalue weighted by Gasteiger charge is 2.02. The van der Waals surface area contributed by atoms with Crippen molar-refractivity contribution in [3.63, 3.8) is 0 Å². The highest BCUT2D eigenvalue weighted by Crippen LogP contribution is 2.21. The van der Waals surface area contributed by atoms with Gasteiger partial charge in [-0.2, -0.15) is 11.8 Å². The molecule has 14 heavy (non-hydrogen) atoms. The molecule has 1 nitrogen and oxygen atoms in total. The third kappa shape index (κ3) is 3.43. The monoisotopic (exact) mass is 230 g/mol. The van der Waals surface area contributed by atoms with E-state index in [4.69, 9.17) is 16.3 Å². The van der Waals surface area contributed by atoms with Gasteiger partial charge in [0.05, 0.1) is 12.5 Å². The minimum Gasteiger partial charge on any atom is -0.492 e. The van der Waals surface area contributed by atoms with Crippen LogP contribution in [0, 0.1) is 6.92 Å². The number of rotatable bonds is 5. The summed E-state index contributed by atoms with van der Waals surface area (Å²) >= 11 is 7.61. The Hall–Kier alpha value is -0.340. The maximum atomic E-state index is 5.83. The molecule has 0 fully saturated rings. The summed E-state index contributed by atoms with van der Waals surface area (Å²) in [5.41, 5.74) is 2.30. The topological polar surface area (TPSA) is 9.23 Å². The van der Waals surface area contributed by atoms with Gasteiger partial charge in [0.25, 0.3) is 0 Å². The molecular weight excluding hydrogens is 216 g/mol. The Morgan fingerprint density at radius 2 is 2.21 bits per heavy atom. The summed E-state index contributed by atoms with van der Waals surface area (Å²) in [6.45, 7) is 2.80. The quantitative estimate of drug-likeness (QED) is 0.566. The molecule has 0 amide bonds. The second-order valence-corrected chi connectivity index (χ2v) is 4.34. The van der Waals surface area contributed by atoms with Crippen LogP contribution in [0.25, 0.3) is 0 Å². The molecular formula is C11H15ClOS. The number of hydrogen-bond acceptors (Lipinski definition) is 2. The van der Waals surface area contributed by atoms with E-state index in [9.17, 15) is 0 Å². The number of ether oxygens (including phenoxy) is 1. The molecule has 78 valence electrons. The Morgan fingerprint density at radius 1 is 1.43 bits per heavy atom. The van der Waals surface area contributed by atoms with Crippen molar-refractivity contribution in [1.29, 1.82) is 0 Å². The maximum Gasteiger partial charge on any atom is 0.123 e. The van der Waals surface area contributed by atoms with Crippen molar-refractivity contribution in [2.24, 2.45) is 0 Å². The SMILES string of the molecule is CSCCOc1ccc(C)cc1CCl. The number of halogens is 1. The Morgan fingerprint density at radius 3 is 2.86 bits per heavy atom. The fourth-order valence-corrected chi connectivity index (χ4v) is 1.65. The lowest BCUT2D eigenvalue weighted by atomic mass is 10.1. The highest BCUT2D eigenvalue weighted by atomic mass is 35.5. The standard InChI is InChI=1S/C11H15ClOS/c1-9-3-4-11(10(7-9)8-12)13-5-6-14-2/h3-4,7H,5-6,8H2,1-2H3. The van der Waals surface area contributed by atoms with E-state index >= 15 is 0 Å². The molecule has 0 aliphatic carbocycles. The third-order valence-electron chi connectivity index (χ3n) is 1.90. The molecule has 1 rings (SSSR count). The van der Waals surface area contributed by atoms with E-state index in [-0.39, 0.29) is 0 Å². The van der Waals surface area contributed by atoms with Crippen molar-refractivity contribution in [1.82, 2.24) is 0 Å². The molecule has 0 saturated heterocycles. The van der Waals surface area contributed by atoms with Crippen LogP contribution in [-0.4, -0.2) is 18.6 Å². The van der Waals surface area contributed by atoms with Crippen molar-refractivity contribution in [3.8, 4) is 5.75 Å². The first-order valence-corrected chi connectivity index (χ1v) is 6.48. The largest absolute Gasteiger partial charge is 0.492 e. The van der Waals surface area contributed by atoms with E-state index in [1.807, 2.05) is 12.1 Å². The first-order chi connectivity index (χ1) is 6.77. The Bertz CT molecular complexity index is 289. The van der Waals surface area contributed by atoms with E-state index < -0.39 is 0 Å². The van der Waals surface area contributed by atoms with E-state index in [2.05, 4.69) is 19.2 Å². The van der Waals surface area contributed by atoms with E-state index in [0.29, 0.717) is 5.88 Å². The summed E-state index contributed by atoms with van der Waals surface area (Å²) in [7, 11) is 0. The summed E-state index contributed by atoms with van der Waals surface area (Å²) in [5, 5.41) is 0. The zero-order valence-electron chi connectivity index (χ0n) is 8.55. The molecule has 0 aliphatic rings. The minimum atomic E-state index is 0.510. The first-order valence-electron chi connectivity index (χ1n) is 4.55. The number of thioether (sulfide) groups is 1. The second-order valence-electron chi connectivity index (χ2n) is 3.09. The van der Waals surface area contributed by atoms with Crippen LogP contribution < -0.4 is 4.74 Å². The van der Waals surface area contributed by atoms with Crippen LogP contribution in [-0.2, 0) is 5.88 Å². The summed E-state index contributed by atoms with van der Waals surface area (Å²) in [4.78, 5) is 0. The minimum absolute atomic E-state index is 0.510. The second kappa shape index (κ2) is 6.20. The van der Waals surface area contributed by atoms with Crippen LogP contribution in [0.1, 0.15) is 11.1 Å². The Kier molecular flexibility index (Phi) is 5.20. The van der Waals surface area contributed by atoms with Gasteiger partial charge in [0, 0.05) is 11.3 Å². The van der Waals surface area contributed by atoms with Gasteiger partial charge in [0.15, 0.2) is 0 Å². The zero-order valence-corrected chi connectivity index (χ0v) is 10.1. The van der Waals surface area contributed by atoms with Gasteiger partial charge in [-0.05, 0) is 19.2 Å².